The number of thioether (sulfide) groups is 1. The minimum Gasteiger partial charge on any atom is -0.478 e. The van der Waals surface area contributed by atoms with E-state index >= 15 is 0 Å². The topological polar surface area (TPSA) is 76.7 Å². The molecular formula is C21H17N3O3S. The van der Waals surface area contributed by atoms with Crippen molar-refractivity contribution in [1.29, 1.82) is 0 Å². The predicted octanol–water partition coefficient (Wildman–Crippen LogP) is 4.62. The van der Waals surface area contributed by atoms with Crippen LogP contribution in [-0.2, 0) is 13.0 Å². The highest BCUT2D eigenvalue weighted by Crippen LogP contribution is 2.23. The van der Waals surface area contributed by atoms with Gasteiger partial charge in [0.2, 0.25) is 5.88 Å². The number of ether oxygens (including phenoxy) is 1. The van der Waals surface area contributed by atoms with Gasteiger partial charge in [-0.25, -0.2) is 14.6 Å². The molecule has 0 spiro atoms. The maximum Gasteiger partial charge on any atom is 0.335 e. The lowest BCUT2D eigenvalue weighted by Gasteiger charge is -2.12. The predicted molar refractivity (Wildman–Crippen MR) is 107 cm³/mol. The van der Waals surface area contributed by atoms with E-state index in [9.17, 15) is 4.79 Å². The smallest absolute Gasteiger partial charge is 0.335 e. The Morgan fingerprint density at radius 2 is 1.82 bits per heavy atom. The summed E-state index contributed by atoms with van der Waals surface area (Å²) < 4.78 is 5.94. The SMILES string of the molecule is [C-]#[N+]c1ccc(COc2nc(SC)ncc2Cc2ccc(C(=O)O)cc2)cc1. The van der Waals surface area contributed by atoms with E-state index < -0.39 is 5.97 Å². The molecule has 140 valence electrons. The minimum atomic E-state index is -0.951. The number of carboxylic acids is 1. The van der Waals surface area contributed by atoms with E-state index in [2.05, 4.69) is 14.8 Å². The average Bonchev–Trinajstić information content (AvgIpc) is 2.73. The van der Waals surface area contributed by atoms with Crippen LogP contribution in [0.15, 0.2) is 59.9 Å². The summed E-state index contributed by atoms with van der Waals surface area (Å²) in [7, 11) is 0. The Morgan fingerprint density at radius 3 is 2.43 bits per heavy atom. The summed E-state index contributed by atoms with van der Waals surface area (Å²) in [6.45, 7) is 7.34. The molecule has 1 N–H and O–H groups in total. The second-order valence-corrected chi connectivity index (χ2v) is 6.71. The van der Waals surface area contributed by atoms with Gasteiger partial charge in [-0.15, -0.1) is 0 Å². The number of carbonyl (C=O) groups is 1. The molecule has 2 aromatic carbocycles. The Kier molecular flexibility index (Phi) is 6.25. The van der Waals surface area contributed by atoms with Gasteiger partial charge in [-0.2, -0.15) is 4.98 Å². The molecule has 3 rings (SSSR count). The van der Waals surface area contributed by atoms with Crippen LogP contribution in [0.25, 0.3) is 4.85 Å². The van der Waals surface area contributed by atoms with Gasteiger partial charge >= 0.3 is 5.97 Å². The van der Waals surface area contributed by atoms with Crippen LogP contribution in [-0.4, -0.2) is 27.3 Å². The third-order valence-corrected chi connectivity index (χ3v) is 4.58. The van der Waals surface area contributed by atoms with E-state index in [0.717, 1.165) is 16.7 Å². The minimum absolute atomic E-state index is 0.247. The maximum absolute atomic E-state index is 11.0. The van der Waals surface area contributed by atoms with Crippen molar-refractivity contribution in [3.8, 4) is 5.88 Å². The Hall–Kier alpha value is -3.37. The third kappa shape index (κ3) is 4.87. The van der Waals surface area contributed by atoms with Crippen LogP contribution in [0, 0.1) is 6.57 Å². The first-order chi connectivity index (χ1) is 13.6. The van der Waals surface area contributed by atoms with Gasteiger partial charge < -0.3 is 9.84 Å². The van der Waals surface area contributed by atoms with E-state index in [1.807, 2.05) is 18.4 Å². The molecule has 3 aromatic rings. The number of nitrogens with zero attached hydrogens (tertiary/aromatic N) is 3. The lowest BCUT2D eigenvalue weighted by molar-refractivity contribution is 0.0697. The van der Waals surface area contributed by atoms with Gasteiger partial charge in [0.15, 0.2) is 10.8 Å². The monoisotopic (exact) mass is 391 g/mol. The van der Waals surface area contributed by atoms with Crippen molar-refractivity contribution in [2.45, 2.75) is 18.2 Å². The number of aromatic carboxylic acids is 1. The second-order valence-electron chi connectivity index (χ2n) is 5.93. The van der Waals surface area contributed by atoms with Crippen LogP contribution in [0.2, 0.25) is 0 Å². The van der Waals surface area contributed by atoms with Gasteiger partial charge in [0.05, 0.1) is 12.1 Å². The highest BCUT2D eigenvalue weighted by molar-refractivity contribution is 7.98. The number of benzene rings is 2. The van der Waals surface area contributed by atoms with E-state index in [-0.39, 0.29) is 5.56 Å². The summed E-state index contributed by atoms with van der Waals surface area (Å²) >= 11 is 1.43. The Bertz CT molecular complexity index is 1010. The van der Waals surface area contributed by atoms with Crippen LogP contribution < -0.4 is 4.74 Å². The first-order valence-electron chi connectivity index (χ1n) is 8.40. The summed E-state index contributed by atoms with van der Waals surface area (Å²) in [5.74, 6) is -0.455. The fraction of sp³-hybridized carbons (Fsp3) is 0.143. The molecule has 0 aliphatic carbocycles. The molecule has 0 saturated heterocycles. The van der Waals surface area contributed by atoms with E-state index in [1.54, 1.807) is 42.6 Å². The van der Waals surface area contributed by atoms with Crippen molar-refractivity contribution in [3.63, 3.8) is 0 Å². The number of carboxylic acid groups (broad SMARTS) is 1. The molecule has 0 amide bonds. The Balaban J connectivity index is 1.78. The number of hydrogen-bond donors (Lipinski definition) is 1. The summed E-state index contributed by atoms with van der Waals surface area (Å²) in [4.78, 5) is 23.2. The van der Waals surface area contributed by atoms with Crippen LogP contribution in [0.3, 0.4) is 0 Å². The van der Waals surface area contributed by atoms with Gasteiger partial charge in [-0.05, 0) is 29.5 Å². The molecule has 6 nitrogen and oxygen atoms in total. The first-order valence-corrected chi connectivity index (χ1v) is 9.63. The largest absolute Gasteiger partial charge is 0.478 e. The second kappa shape index (κ2) is 9.02. The van der Waals surface area contributed by atoms with Crippen molar-refractivity contribution < 1.29 is 14.6 Å². The van der Waals surface area contributed by atoms with Crippen molar-refractivity contribution in [3.05, 3.63) is 88.4 Å². The molecule has 7 heteroatoms. The summed E-state index contributed by atoms with van der Waals surface area (Å²) in [5.41, 5.74) is 3.53. The fourth-order valence-electron chi connectivity index (χ4n) is 2.52. The van der Waals surface area contributed by atoms with E-state index in [4.69, 9.17) is 16.4 Å². The normalized spacial score (nSPS) is 10.3. The Labute approximate surface area is 167 Å². The molecule has 0 unspecified atom stereocenters. The van der Waals surface area contributed by atoms with Crippen LogP contribution in [0.4, 0.5) is 5.69 Å². The molecule has 0 radical (unpaired) electrons. The number of rotatable bonds is 7. The third-order valence-electron chi connectivity index (χ3n) is 4.02. The van der Waals surface area contributed by atoms with Crippen LogP contribution in [0.1, 0.15) is 27.0 Å². The first kappa shape index (κ1) is 19.4. The molecular weight excluding hydrogens is 374 g/mol. The highest BCUT2D eigenvalue weighted by atomic mass is 32.2. The number of hydrogen-bond acceptors (Lipinski definition) is 5. The quantitative estimate of drug-likeness (QED) is 0.360. The lowest BCUT2D eigenvalue weighted by atomic mass is 10.1. The molecule has 28 heavy (non-hydrogen) atoms. The van der Waals surface area contributed by atoms with Gasteiger partial charge in [-0.3, -0.25) is 0 Å². The zero-order valence-corrected chi connectivity index (χ0v) is 15.9. The molecule has 0 aliphatic heterocycles. The van der Waals surface area contributed by atoms with Crippen molar-refractivity contribution in [2.24, 2.45) is 0 Å². The molecule has 0 saturated carbocycles. The van der Waals surface area contributed by atoms with Crippen molar-refractivity contribution in [1.82, 2.24) is 9.97 Å². The highest BCUT2D eigenvalue weighted by Gasteiger charge is 2.11. The zero-order chi connectivity index (χ0) is 19.9. The Morgan fingerprint density at radius 1 is 1.14 bits per heavy atom. The van der Waals surface area contributed by atoms with Crippen LogP contribution >= 0.6 is 11.8 Å². The van der Waals surface area contributed by atoms with E-state index in [0.29, 0.717) is 29.8 Å². The summed E-state index contributed by atoms with van der Waals surface area (Å²) in [5, 5.41) is 9.63. The molecule has 0 bridgehead atoms. The van der Waals surface area contributed by atoms with Crippen LogP contribution in [0.5, 0.6) is 5.88 Å². The standard InChI is InChI=1S/C21H17N3O3S/c1-22-18-9-5-15(6-10-18)13-27-19-17(12-23-21(24-19)28-2)11-14-3-7-16(8-4-14)20(25)26/h3-10,12H,11,13H2,2H3,(H,25,26). The molecule has 1 heterocycles. The van der Waals surface area contributed by atoms with Crippen molar-refractivity contribution in [2.75, 3.05) is 6.26 Å². The zero-order valence-electron chi connectivity index (χ0n) is 15.1. The van der Waals surface area contributed by atoms with Gasteiger partial charge in [-0.1, -0.05) is 48.2 Å². The van der Waals surface area contributed by atoms with Crippen molar-refractivity contribution >= 4 is 23.4 Å². The number of aromatic nitrogens is 2. The molecule has 0 aliphatic rings. The van der Waals surface area contributed by atoms with Gasteiger partial charge in [0.25, 0.3) is 0 Å². The maximum atomic E-state index is 11.0. The molecule has 0 fully saturated rings. The summed E-state index contributed by atoms with van der Waals surface area (Å²) in [6.07, 6.45) is 4.16. The average molecular weight is 391 g/mol. The molecule has 0 atom stereocenters. The van der Waals surface area contributed by atoms with Gasteiger partial charge in [0.1, 0.15) is 6.61 Å². The fourth-order valence-corrected chi connectivity index (χ4v) is 2.86. The van der Waals surface area contributed by atoms with Gasteiger partial charge in [0, 0.05) is 18.2 Å². The molecule has 1 aromatic heterocycles. The van der Waals surface area contributed by atoms with E-state index in [1.165, 1.54) is 11.8 Å². The summed E-state index contributed by atoms with van der Waals surface area (Å²) in [6, 6.07) is 13.9. The lowest BCUT2D eigenvalue weighted by Crippen LogP contribution is -2.04.